The van der Waals surface area contributed by atoms with E-state index in [1.807, 2.05) is 32.2 Å². The fourth-order valence-corrected chi connectivity index (χ4v) is 3.09. The first kappa shape index (κ1) is 16.0. The lowest BCUT2D eigenvalue weighted by Crippen LogP contribution is -2.25. The summed E-state index contributed by atoms with van der Waals surface area (Å²) in [4.78, 5) is 9.02. The molecule has 0 radical (unpaired) electrons. The maximum Gasteiger partial charge on any atom is 0.250 e. The summed E-state index contributed by atoms with van der Waals surface area (Å²) in [6, 6.07) is 3.90. The van der Waals surface area contributed by atoms with Crippen molar-refractivity contribution in [1.29, 1.82) is 0 Å². The van der Waals surface area contributed by atoms with Crippen LogP contribution in [0, 0.1) is 12.8 Å². The Morgan fingerprint density at radius 1 is 1.22 bits per heavy atom. The van der Waals surface area contributed by atoms with Gasteiger partial charge < -0.3 is 0 Å². The fraction of sp³-hybridized carbons (Fsp3) is 0.588. The highest BCUT2D eigenvalue weighted by Gasteiger charge is 2.34. The third-order valence-corrected chi connectivity index (χ3v) is 4.44. The fourth-order valence-electron chi connectivity index (χ4n) is 3.09. The van der Waals surface area contributed by atoms with Gasteiger partial charge in [0.15, 0.2) is 0 Å². The second-order valence-corrected chi connectivity index (χ2v) is 6.41. The third-order valence-electron chi connectivity index (χ3n) is 4.44. The molecule has 0 aliphatic heterocycles. The molecule has 23 heavy (non-hydrogen) atoms. The summed E-state index contributed by atoms with van der Waals surface area (Å²) in [7, 11) is 0. The standard InChI is InChI=1S/C17H22F2N4/c1-3-14-6-9-23(22-14)16-20-12(2)10-15(21-16)11-13-4-7-17(18,19)8-5-13/h6,9-10,13H,3-5,7-8,11H2,1-2H3. The van der Waals surface area contributed by atoms with Crippen LogP contribution in [0.2, 0.25) is 0 Å². The lowest BCUT2D eigenvalue weighted by Gasteiger charge is -2.28. The molecule has 124 valence electrons. The van der Waals surface area contributed by atoms with Crippen LogP contribution in [0.1, 0.15) is 49.7 Å². The number of rotatable bonds is 4. The highest BCUT2D eigenvalue weighted by molar-refractivity contribution is 5.19. The van der Waals surface area contributed by atoms with Gasteiger partial charge >= 0.3 is 0 Å². The lowest BCUT2D eigenvalue weighted by molar-refractivity contribution is -0.0457. The Morgan fingerprint density at radius 3 is 2.61 bits per heavy atom. The van der Waals surface area contributed by atoms with E-state index in [1.165, 1.54) is 0 Å². The molecule has 0 amide bonds. The van der Waals surface area contributed by atoms with Crippen LogP contribution >= 0.6 is 0 Å². The average Bonchev–Trinajstić information content (AvgIpc) is 2.98. The summed E-state index contributed by atoms with van der Waals surface area (Å²) in [5.41, 5.74) is 2.78. The predicted molar refractivity (Wildman–Crippen MR) is 83.9 cm³/mol. The van der Waals surface area contributed by atoms with Crippen molar-refractivity contribution in [3.63, 3.8) is 0 Å². The van der Waals surface area contributed by atoms with Crippen LogP contribution in [0.15, 0.2) is 18.3 Å². The number of halogens is 2. The number of nitrogens with zero attached hydrogens (tertiary/aromatic N) is 4. The van der Waals surface area contributed by atoms with E-state index < -0.39 is 5.92 Å². The van der Waals surface area contributed by atoms with Crippen molar-refractivity contribution in [2.45, 2.75) is 58.3 Å². The molecule has 1 aliphatic carbocycles. The van der Waals surface area contributed by atoms with Crippen molar-refractivity contribution in [2.75, 3.05) is 0 Å². The van der Waals surface area contributed by atoms with Crippen molar-refractivity contribution in [3.05, 3.63) is 35.4 Å². The third kappa shape index (κ3) is 3.92. The van der Waals surface area contributed by atoms with E-state index in [1.54, 1.807) is 4.68 Å². The van der Waals surface area contributed by atoms with Gasteiger partial charge in [-0.25, -0.2) is 23.4 Å². The van der Waals surface area contributed by atoms with Crippen LogP contribution in [-0.4, -0.2) is 25.7 Å². The van der Waals surface area contributed by atoms with Gasteiger partial charge in [0, 0.05) is 30.4 Å². The minimum atomic E-state index is -2.48. The SMILES string of the molecule is CCc1ccn(-c2nc(C)cc(CC3CCC(F)(F)CC3)n2)n1. The highest BCUT2D eigenvalue weighted by Crippen LogP contribution is 2.37. The molecule has 0 bridgehead atoms. The Morgan fingerprint density at radius 2 is 1.96 bits per heavy atom. The quantitative estimate of drug-likeness (QED) is 0.858. The van der Waals surface area contributed by atoms with E-state index >= 15 is 0 Å². The summed E-state index contributed by atoms with van der Waals surface area (Å²) >= 11 is 0. The molecule has 0 N–H and O–H groups in total. The minimum Gasteiger partial charge on any atom is -0.216 e. The Hall–Kier alpha value is -1.85. The van der Waals surface area contributed by atoms with Gasteiger partial charge in [-0.15, -0.1) is 0 Å². The second kappa shape index (κ2) is 6.34. The van der Waals surface area contributed by atoms with Crippen LogP contribution in [0.25, 0.3) is 5.95 Å². The largest absolute Gasteiger partial charge is 0.250 e. The summed E-state index contributed by atoms with van der Waals surface area (Å²) in [6.45, 7) is 3.97. The molecule has 6 heteroatoms. The van der Waals surface area contributed by atoms with Crippen molar-refractivity contribution in [2.24, 2.45) is 5.92 Å². The van der Waals surface area contributed by atoms with Crippen LogP contribution in [0.3, 0.4) is 0 Å². The molecule has 0 atom stereocenters. The maximum absolute atomic E-state index is 13.3. The normalized spacial score (nSPS) is 18.3. The molecule has 0 aromatic carbocycles. The molecule has 1 fully saturated rings. The van der Waals surface area contributed by atoms with Crippen molar-refractivity contribution >= 4 is 0 Å². The molecule has 2 heterocycles. The van der Waals surface area contributed by atoms with E-state index in [9.17, 15) is 8.78 Å². The molecule has 2 aromatic rings. The van der Waals surface area contributed by atoms with Crippen molar-refractivity contribution < 1.29 is 8.78 Å². The summed E-state index contributed by atoms with van der Waals surface area (Å²) in [5, 5.41) is 4.44. The van der Waals surface area contributed by atoms with E-state index in [0.717, 1.165) is 29.9 Å². The van der Waals surface area contributed by atoms with E-state index in [0.29, 0.717) is 18.8 Å². The smallest absolute Gasteiger partial charge is 0.216 e. The Bertz CT molecular complexity index is 671. The van der Waals surface area contributed by atoms with Crippen LogP contribution in [0.4, 0.5) is 8.78 Å². The zero-order valence-electron chi connectivity index (χ0n) is 13.6. The molecule has 1 aliphatic rings. The van der Waals surface area contributed by atoms with Crippen LogP contribution < -0.4 is 0 Å². The molecule has 3 rings (SSSR count). The molecular weight excluding hydrogens is 298 g/mol. The molecule has 0 spiro atoms. The van der Waals surface area contributed by atoms with Crippen molar-refractivity contribution in [3.8, 4) is 5.95 Å². The molecule has 0 saturated heterocycles. The average molecular weight is 320 g/mol. The molecule has 2 aromatic heterocycles. The summed E-state index contributed by atoms with van der Waals surface area (Å²) < 4.78 is 28.2. The molecular formula is C17H22F2N4. The molecule has 4 nitrogen and oxygen atoms in total. The zero-order chi connectivity index (χ0) is 16.4. The molecule has 0 unspecified atom stereocenters. The minimum absolute atomic E-state index is 0.00634. The monoisotopic (exact) mass is 320 g/mol. The first-order valence-corrected chi connectivity index (χ1v) is 8.22. The number of hydrogen-bond acceptors (Lipinski definition) is 3. The van der Waals surface area contributed by atoms with Gasteiger partial charge in [-0.1, -0.05) is 6.92 Å². The number of aryl methyl sites for hydroxylation is 2. The summed E-state index contributed by atoms with van der Waals surface area (Å²) in [5.74, 6) is -1.64. The first-order valence-electron chi connectivity index (χ1n) is 8.22. The van der Waals surface area contributed by atoms with Gasteiger partial charge in [-0.2, -0.15) is 5.10 Å². The second-order valence-electron chi connectivity index (χ2n) is 6.41. The van der Waals surface area contributed by atoms with Crippen molar-refractivity contribution in [1.82, 2.24) is 19.7 Å². The van der Waals surface area contributed by atoms with E-state index in [4.69, 9.17) is 0 Å². The van der Waals surface area contributed by atoms with E-state index in [2.05, 4.69) is 15.1 Å². The first-order chi connectivity index (χ1) is 10.9. The summed E-state index contributed by atoms with van der Waals surface area (Å²) in [6.07, 6.45) is 4.57. The van der Waals surface area contributed by atoms with Gasteiger partial charge in [0.2, 0.25) is 5.92 Å². The zero-order valence-corrected chi connectivity index (χ0v) is 13.6. The van der Waals surface area contributed by atoms with Gasteiger partial charge in [-0.3, -0.25) is 0 Å². The van der Waals surface area contributed by atoms with Gasteiger partial charge in [0.1, 0.15) is 0 Å². The maximum atomic E-state index is 13.3. The number of hydrogen-bond donors (Lipinski definition) is 0. The van der Waals surface area contributed by atoms with E-state index in [-0.39, 0.29) is 18.8 Å². The highest BCUT2D eigenvalue weighted by atomic mass is 19.3. The number of aromatic nitrogens is 4. The molecule has 1 saturated carbocycles. The van der Waals surface area contributed by atoms with Gasteiger partial charge in [0.05, 0.1) is 5.69 Å². The predicted octanol–water partition coefficient (Wildman–Crippen LogP) is 3.90. The van der Waals surface area contributed by atoms with Gasteiger partial charge in [-0.05, 0) is 50.7 Å². The number of alkyl halides is 2. The van der Waals surface area contributed by atoms with Crippen LogP contribution in [0.5, 0.6) is 0 Å². The topological polar surface area (TPSA) is 43.6 Å². The van der Waals surface area contributed by atoms with Gasteiger partial charge in [0.25, 0.3) is 5.95 Å². The van der Waals surface area contributed by atoms with Crippen LogP contribution in [-0.2, 0) is 12.8 Å². The Labute approximate surface area is 135 Å². The lowest BCUT2D eigenvalue weighted by atomic mass is 9.84. The Balaban J connectivity index is 1.75. The Kier molecular flexibility index (Phi) is 4.41.